The van der Waals surface area contributed by atoms with Crippen molar-refractivity contribution in [1.29, 1.82) is 0 Å². The summed E-state index contributed by atoms with van der Waals surface area (Å²) in [6, 6.07) is 0. The molecule has 1 fully saturated rings. The number of rotatable bonds is 5. The van der Waals surface area contributed by atoms with Crippen molar-refractivity contribution in [3.63, 3.8) is 0 Å². The van der Waals surface area contributed by atoms with Gasteiger partial charge in [-0.1, -0.05) is 31.9 Å². The molecule has 1 heterocycles. The van der Waals surface area contributed by atoms with Crippen LogP contribution in [0.2, 0.25) is 0 Å². The molecule has 0 saturated carbocycles. The summed E-state index contributed by atoms with van der Waals surface area (Å²) in [6.45, 7) is 15.3. The van der Waals surface area contributed by atoms with E-state index in [-0.39, 0.29) is 6.10 Å². The number of halogens is 2. The van der Waals surface area contributed by atoms with Crippen LogP contribution in [0, 0.1) is 20.8 Å². The lowest BCUT2D eigenvalue weighted by molar-refractivity contribution is -0.301. The molecule has 0 atom stereocenters. The van der Waals surface area contributed by atoms with Gasteiger partial charge in [-0.15, -0.1) is 10.3 Å². The molecule has 1 aromatic carbocycles. The zero-order chi connectivity index (χ0) is 19.9. The molecule has 1 saturated heterocycles. The molecule has 0 amide bonds. The third-order valence-corrected chi connectivity index (χ3v) is 7.12. The molecule has 3 nitrogen and oxygen atoms in total. The summed E-state index contributed by atoms with van der Waals surface area (Å²) in [4.78, 5) is 0. The van der Waals surface area contributed by atoms with Crippen molar-refractivity contribution in [2.45, 2.75) is 95.8 Å². The molecule has 0 aromatic heterocycles. The maximum absolute atomic E-state index is 12.6. The molecule has 1 aliphatic heterocycles. The monoisotopic (exact) mass is 488 g/mol. The summed E-state index contributed by atoms with van der Waals surface area (Å²) in [5.74, 6) is 0. The van der Waals surface area contributed by atoms with Crippen molar-refractivity contribution >= 4 is 31.9 Å². The highest BCUT2D eigenvalue weighted by molar-refractivity contribution is 9.08. The number of benzene rings is 1. The van der Waals surface area contributed by atoms with Gasteiger partial charge in [-0.3, -0.25) is 0 Å². The van der Waals surface area contributed by atoms with Crippen LogP contribution in [0.1, 0.15) is 73.9 Å². The van der Waals surface area contributed by atoms with Crippen LogP contribution in [-0.4, -0.2) is 22.2 Å². The Morgan fingerprint density at radius 3 is 1.65 bits per heavy atom. The van der Waals surface area contributed by atoms with Crippen LogP contribution in [0.4, 0.5) is 0 Å². The average molecular weight is 490 g/mol. The average Bonchev–Trinajstić information content (AvgIpc) is 2.52. The van der Waals surface area contributed by atoms with Crippen molar-refractivity contribution in [3.05, 3.63) is 33.4 Å². The summed E-state index contributed by atoms with van der Waals surface area (Å²) < 4.78 is 6.39. The van der Waals surface area contributed by atoms with E-state index >= 15 is 0 Å². The van der Waals surface area contributed by atoms with Crippen molar-refractivity contribution in [2.24, 2.45) is 0 Å². The minimum atomic E-state index is -0.397. The Kier molecular flexibility index (Phi) is 7.05. The maximum atomic E-state index is 12.6. The van der Waals surface area contributed by atoms with Crippen LogP contribution in [-0.2, 0) is 27.2 Å². The first kappa shape index (κ1) is 22.4. The smallest absolute Gasteiger partial charge is 0.0726 e. The predicted molar refractivity (Wildman–Crippen MR) is 114 cm³/mol. The molecule has 0 spiro atoms. The molecule has 147 valence electrons. The van der Waals surface area contributed by atoms with Crippen LogP contribution in [0.3, 0.4) is 0 Å². The second-order valence-corrected chi connectivity index (χ2v) is 9.96. The highest BCUT2D eigenvalue weighted by Gasteiger charge is 2.46. The van der Waals surface area contributed by atoms with E-state index in [1.165, 1.54) is 38.4 Å². The molecule has 26 heavy (non-hydrogen) atoms. The van der Waals surface area contributed by atoms with E-state index in [9.17, 15) is 5.21 Å². The summed E-state index contributed by atoms with van der Waals surface area (Å²) in [7, 11) is 0. The Bertz CT molecular complexity index is 621. The first-order chi connectivity index (χ1) is 12.0. The summed E-state index contributed by atoms with van der Waals surface area (Å²) in [5.41, 5.74) is 7.22. The number of hydroxylamine groups is 2. The van der Waals surface area contributed by atoms with E-state index < -0.39 is 11.1 Å². The first-order valence-corrected chi connectivity index (χ1v) is 11.5. The van der Waals surface area contributed by atoms with E-state index in [2.05, 4.69) is 52.6 Å². The second-order valence-electron chi connectivity index (χ2n) is 8.84. The highest BCUT2D eigenvalue weighted by Crippen LogP contribution is 2.39. The molecule has 0 bridgehead atoms. The molecule has 1 radical (unpaired) electrons. The number of hydrogen-bond donors (Lipinski definition) is 0. The highest BCUT2D eigenvalue weighted by atomic mass is 79.9. The number of piperidine rings is 1. The largest absolute Gasteiger partial charge is 0.373 e. The molecule has 0 N–H and O–H groups in total. The Hall–Kier alpha value is 0.0600. The number of ether oxygens (including phenoxy) is 1. The lowest BCUT2D eigenvalue weighted by Crippen LogP contribution is -2.59. The van der Waals surface area contributed by atoms with Gasteiger partial charge in [0.1, 0.15) is 0 Å². The molecule has 2 rings (SSSR count). The SMILES string of the molecule is Cc1c(CBr)c(C)c(COC2CC(C)(C)N([O])C(C)(C)C2)c(C)c1CBr. The lowest BCUT2D eigenvalue weighted by atomic mass is 9.80. The maximum Gasteiger partial charge on any atom is 0.0726 e. The fourth-order valence-corrected chi connectivity index (χ4v) is 6.18. The molecule has 0 unspecified atom stereocenters. The Morgan fingerprint density at radius 1 is 0.885 bits per heavy atom. The molecule has 1 aliphatic rings. The topological polar surface area (TPSA) is 32.4 Å². The Labute approximate surface area is 175 Å². The van der Waals surface area contributed by atoms with Gasteiger partial charge in [0, 0.05) is 21.7 Å². The van der Waals surface area contributed by atoms with E-state index in [0.717, 1.165) is 23.5 Å². The van der Waals surface area contributed by atoms with Crippen molar-refractivity contribution in [2.75, 3.05) is 0 Å². The van der Waals surface area contributed by atoms with Crippen LogP contribution < -0.4 is 0 Å². The minimum absolute atomic E-state index is 0.102. The fourth-order valence-electron chi connectivity index (χ4n) is 4.50. The third-order valence-electron chi connectivity index (χ3n) is 6.00. The van der Waals surface area contributed by atoms with Crippen molar-refractivity contribution < 1.29 is 9.94 Å². The second kappa shape index (κ2) is 8.20. The first-order valence-electron chi connectivity index (χ1n) is 9.27. The Morgan fingerprint density at radius 2 is 1.27 bits per heavy atom. The van der Waals surface area contributed by atoms with E-state index in [0.29, 0.717) is 6.61 Å². The molecule has 5 heteroatoms. The van der Waals surface area contributed by atoms with Crippen LogP contribution in [0.5, 0.6) is 0 Å². The van der Waals surface area contributed by atoms with Crippen molar-refractivity contribution in [1.82, 2.24) is 5.06 Å². The van der Waals surface area contributed by atoms with E-state index in [1.807, 2.05) is 27.7 Å². The number of nitrogens with zero attached hydrogens (tertiary/aromatic N) is 1. The quantitative estimate of drug-likeness (QED) is 0.455. The van der Waals surface area contributed by atoms with Gasteiger partial charge in [-0.2, -0.15) is 0 Å². The fraction of sp³-hybridized carbons (Fsp3) is 0.714. The lowest BCUT2D eigenvalue weighted by Gasteiger charge is -2.49. The van der Waals surface area contributed by atoms with Gasteiger partial charge in [0.15, 0.2) is 0 Å². The molecule has 0 aliphatic carbocycles. The van der Waals surface area contributed by atoms with Gasteiger partial charge in [0.2, 0.25) is 0 Å². The van der Waals surface area contributed by atoms with Gasteiger partial charge < -0.3 is 4.74 Å². The summed E-state index contributed by atoms with van der Waals surface area (Å²) in [6.07, 6.45) is 1.63. The normalized spacial score (nSPS) is 20.5. The molecular weight excluding hydrogens is 458 g/mol. The zero-order valence-corrected chi connectivity index (χ0v) is 20.3. The third kappa shape index (κ3) is 4.22. The summed E-state index contributed by atoms with van der Waals surface area (Å²) >= 11 is 7.30. The van der Waals surface area contributed by atoms with Gasteiger partial charge in [0.25, 0.3) is 0 Å². The number of alkyl halides is 2. The van der Waals surface area contributed by atoms with Crippen molar-refractivity contribution in [3.8, 4) is 0 Å². The number of hydrogen-bond acceptors (Lipinski definition) is 2. The van der Waals surface area contributed by atoms with Crippen LogP contribution >= 0.6 is 31.9 Å². The predicted octanol–water partition coefficient (Wildman–Crippen LogP) is 6.29. The Balaban J connectivity index is 2.27. The molecule has 1 aromatic rings. The summed E-state index contributed by atoms with van der Waals surface area (Å²) in [5, 5.41) is 15.5. The van der Waals surface area contributed by atoms with Gasteiger partial charge >= 0.3 is 0 Å². The van der Waals surface area contributed by atoms with Gasteiger partial charge in [0.05, 0.1) is 12.7 Å². The van der Waals surface area contributed by atoms with Gasteiger partial charge in [-0.05, 0) is 94.7 Å². The van der Waals surface area contributed by atoms with Crippen LogP contribution in [0.15, 0.2) is 0 Å². The van der Waals surface area contributed by atoms with E-state index in [4.69, 9.17) is 4.74 Å². The minimum Gasteiger partial charge on any atom is -0.373 e. The van der Waals surface area contributed by atoms with Gasteiger partial charge in [-0.25, -0.2) is 0 Å². The van der Waals surface area contributed by atoms with Crippen LogP contribution in [0.25, 0.3) is 0 Å². The molecular formula is C21H32Br2NO2. The standard InChI is InChI=1S/C21H32Br2NO2/c1-13-17(10-22)14(2)19(15(3)18(13)11-23)12-26-16-8-20(4,5)24(25)21(6,7)9-16/h16H,8-12H2,1-7H3. The zero-order valence-electron chi connectivity index (χ0n) is 17.1. The van der Waals surface area contributed by atoms with E-state index in [1.54, 1.807) is 0 Å².